The number of carbonyl (C=O) groups excluding carboxylic acids is 2. The molecule has 0 radical (unpaired) electrons. The van der Waals surface area contributed by atoms with Crippen molar-refractivity contribution in [2.75, 3.05) is 33.3 Å². The lowest BCUT2D eigenvalue weighted by atomic mass is 10.1. The van der Waals surface area contributed by atoms with Gasteiger partial charge in [0.25, 0.3) is 11.8 Å². The Morgan fingerprint density at radius 3 is 2.29 bits per heavy atom. The number of nitrogens with zero attached hydrogens (tertiary/aromatic N) is 3. The van der Waals surface area contributed by atoms with Crippen LogP contribution in [0.25, 0.3) is 0 Å². The van der Waals surface area contributed by atoms with E-state index in [-0.39, 0.29) is 11.8 Å². The zero-order valence-electron chi connectivity index (χ0n) is 13.8. The predicted molar refractivity (Wildman–Crippen MR) is 88.1 cm³/mol. The van der Waals surface area contributed by atoms with E-state index >= 15 is 0 Å². The van der Waals surface area contributed by atoms with E-state index in [0.717, 1.165) is 5.69 Å². The van der Waals surface area contributed by atoms with Crippen LogP contribution in [0.4, 0.5) is 0 Å². The molecule has 2 amide bonds. The summed E-state index contributed by atoms with van der Waals surface area (Å²) in [5.41, 5.74) is 1.81. The summed E-state index contributed by atoms with van der Waals surface area (Å²) < 4.78 is 5.25. The smallest absolute Gasteiger partial charge is 0.274 e. The standard InChI is InChI=1S/C17H20N4O3/c1-12-11-14(19-18-12)17(23)21-9-7-20(8-10-21)16(22)13-5-3-4-6-15(13)24-2/h3-6,11H,7-10H2,1-2H3,(H,18,19). The van der Waals surface area contributed by atoms with Crippen LogP contribution in [-0.2, 0) is 0 Å². The summed E-state index contributed by atoms with van der Waals surface area (Å²) in [5.74, 6) is 0.381. The number of aromatic nitrogens is 2. The number of carbonyl (C=O) groups is 2. The number of aryl methyl sites for hydroxylation is 1. The van der Waals surface area contributed by atoms with Crippen LogP contribution in [-0.4, -0.2) is 65.1 Å². The summed E-state index contributed by atoms with van der Waals surface area (Å²) in [6.45, 7) is 3.82. The van der Waals surface area contributed by atoms with Gasteiger partial charge < -0.3 is 14.5 Å². The van der Waals surface area contributed by atoms with Gasteiger partial charge in [-0.3, -0.25) is 14.7 Å². The van der Waals surface area contributed by atoms with Gasteiger partial charge in [-0.25, -0.2) is 0 Å². The van der Waals surface area contributed by atoms with Crippen molar-refractivity contribution in [3.8, 4) is 5.75 Å². The number of nitrogens with one attached hydrogen (secondary N) is 1. The van der Waals surface area contributed by atoms with Gasteiger partial charge in [0.15, 0.2) is 0 Å². The van der Waals surface area contributed by atoms with Crippen LogP contribution in [0.2, 0.25) is 0 Å². The Morgan fingerprint density at radius 2 is 1.71 bits per heavy atom. The molecule has 0 bridgehead atoms. The minimum absolute atomic E-state index is 0.0739. The normalized spacial score (nSPS) is 14.6. The highest BCUT2D eigenvalue weighted by molar-refractivity contribution is 5.97. The molecule has 0 spiro atoms. The van der Waals surface area contributed by atoms with Crippen molar-refractivity contribution in [3.63, 3.8) is 0 Å². The summed E-state index contributed by atoms with van der Waals surface area (Å²) in [6, 6.07) is 8.90. The van der Waals surface area contributed by atoms with Gasteiger partial charge in [-0.15, -0.1) is 0 Å². The molecule has 2 heterocycles. The van der Waals surface area contributed by atoms with Crippen LogP contribution in [0, 0.1) is 6.92 Å². The van der Waals surface area contributed by atoms with Crippen molar-refractivity contribution in [3.05, 3.63) is 47.3 Å². The van der Waals surface area contributed by atoms with E-state index in [1.807, 2.05) is 19.1 Å². The summed E-state index contributed by atoms with van der Waals surface area (Å²) >= 11 is 0. The van der Waals surface area contributed by atoms with E-state index in [9.17, 15) is 9.59 Å². The maximum absolute atomic E-state index is 12.7. The molecular weight excluding hydrogens is 308 g/mol. The van der Waals surface area contributed by atoms with Gasteiger partial charge in [0.1, 0.15) is 11.4 Å². The van der Waals surface area contributed by atoms with Crippen LogP contribution in [0.5, 0.6) is 5.75 Å². The SMILES string of the molecule is COc1ccccc1C(=O)N1CCN(C(=O)c2cc(C)[nH]n2)CC1. The van der Waals surface area contributed by atoms with Crippen molar-refractivity contribution in [1.82, 2.24) is 20.0 Å². The third-order valence-electron chi connectivity index (χ3n) is 4.12. The van der Waals surface area contributed by atoms with Crippen molar-refractivity contribution in [2.24, 2.45) is 0 Å². The van der Waals surface area contributed by atoms with Crippen LogP contribution < -0.4 is 4.74 Å². The summed E-state index contributed by atoms with van der Waals surface area (Å²) in [6.07, 6.45) is 0. The minimum atomic E-state index is -0.108. The second-order valence-electron chi connectivity index (χ2n) is 5.72. The molecule has 24 heavy (non-hydrogen) atoms. The van der Waals surface area contributed by atoms with E-state index in [4.69, 9.17) is 4.74 Å². The summed E-state index contributed by atoms with van der Waals surface area (Å²) in [4.78, 5) is 28.5. The molecule has 1 aliphatic rings. The van der Waals surface area contributed by atoms with E-state index < -0.39 is 0 Å². The van der Waals surface area contributed by atoms with Crippen molar-refractivity contribution in [1.29, 1.82) is 0 Å². The molecule has 0 unspecified atom stereocenters. The average Bonchev–Trinajstić information content (AvgIpc) is 3.07. The number of amides is 2. The Bertz CT molecular complexity index is 748. The molecule has 7 nitrogen and oxygen atoms in total. The molecule has 1 N–H and O–H groups in total. The number of para-hydroxylation sites is 1. The average molecular weight is 328 g/mol. The number of methoxy groups -OCH3 is 1. The van der Waals surface area contributed by atoms with Gasteiger partial charge in [0.05, 0.1) is 12.7 Å². The third kappa shape index (κ3) is 3.10. The number of ether oxygens (including phenoxy) is 1. The first-order chi connectivity index (χ1) is 11.6. The molecule has 0 saturated carbocycles. The Balaban J connectivity index is 1.64. The molecule has 1 saturated heterocycles. The highest BCUT2D eigenvalue weighted by Crippen LogP contribution is 2.20. The summed E-state index contributed by atoms with van der Waals surface area (Å²) in [7, 11) is 1.55. The molecule has 1 aromatic carbocycles. The Hall–Kier alpha value is -2.83. The predicted octanol–water partition coefficient (Wildman–Crippen LogP) is 1.32. The van der Waals surface area contributed by atoms with Gasteiger partial charge in [-0.05, 0) is 25.1 Å². The first-order valence-corrected chi connectivity index (χ1v) is 7.83. The van der Waals surface area contributed by atoms with Crippen molar-refractivity contribution < 1.29 is 14.3 Å². The number of hydrogen-bond donors (Lipinski definition) is 1. The lowest BCUT2D eigenvalue weighted by Crippen LogP contribution is -2.50. The Kier molecular flexibility index (Phi) is 4.50. The molecule has 1 fully saturated rings. The van der Waals surface area contributed by atoms with Gasteiger partial charge in [0.2, 0.25) is 0 Å². The number of rotatable bonds is 3. The molecule has 1 aromatic heterocycles. The molecule has 126 valence electrons. The first kappa shape index (κ1) is 16.0. The van der Waals surface area contributed by atoms with E-state index in [1.54, 1.807) is 35.1 Å². The summed E-state index contributed by atoms with van der Waals surface area (Å²) in [5, 5.41) is 6.78. The first-order valence-electron chi connectivity index (χ1n) is 7.83. The van der Waals surface area contributed by atoms with E-state index in [2.05, 4.69) is 10.2 Å². The molecule has 0 atom stereocenters. The lowest BCUT2D eigenvalue weighted by Gasteiger charge is -2.34. The lowest BCUT2D eigenvalue weighted by molar-refractivity contribution is 0.0530. The highest BCUT2D eigenvalue weighted by Gasteiger charge is 2.27. The number of benzene rings is 1. The van der Waals surface area contributed by atoms with Gasteiger partial charge in [-0.2, -0.15) is 5.10 Å². The quantitative estimate of drug-likeness (QED) is 0.922. The second-order valence-corrected chi connectivity index (χ2v) is 5.72. The second kappa shape index (κ2) is 6.74. The molecular formula is C17H20N4O3. The van der Waals surface area contributed by atoms with Gasteiger partial charge in [0, 0.05) is 31.9 Å². The molecule has 1 aliphatic heterocycles. The van der Waals surface area contributed by atoms with Crippen LogP contribution in [0.1, 0.15) is 26.5 Å². The topological polar surface area (TPSA) is 78.5 Å². The molecule has 7 heteroatoms. The fourth-order valence-corrected chi connectivity index (χ4v) is 2.79. The van der Waals surface area contributed by atoms with Crippen molar-refractivity contribution >= 4 is 11.8 Å². The third-order valence-corrected chi connectivity index (χ3v) is 4.12. The molecule has 3 rings (SSSR count). The number of piperazine rings is 1. The van der Waals surface area contributed by atoms with Crippen LogP contribution in [0.3, 0.4) is 0 Å². The number of aromatic amines is 1. The Labute approximate surface area is 140 Å². The minimum Gasteiger partial charge on any atom is -0.496 e. The van der Waals surface area contributed by atoms with Crippen LogP contribution in [0.15, 0.2) is 30.3 Å². The fourth-order valence-electron chi connectivity index (χ4n) is 2.79. The monoisotopic (exact) mass is 328 g/mol. The van der Waals surface area contributed by atoms with Crippen LogP contribution >= 0.6 is 0 Å². The largest absolute Gasteiger partial charge is 0.496 e. The molecule has 0 aliphatic carbocycles. The Morgan fingerprint density at radius 1 is 1.08 bits per heavy atom. The van der Waals surface area contributed by atoms with E-state index in [1.165, 1.54) is 0 Å². The van der Waals surface area contributed by atoms with Gasteiger partial charge in [-0.1, -0.05) is 12.1 Å². The fraction of sp³-hybridized carbons (Fsp3) is 0.353. The molecule has 2 aromatic rings. The van der Waals surface area contributed by atoms with Gasteiger partial charge >= 0.3 is 0 Å². The number of hydrogen-bond acceptors (Lipinski definition) is 4. The zero-order chi connectivity index (χ0) is 17.1. The zero-order valence-corrected chi connectivity index (χ0v) is 13.8. The maximum atomic E-state index is 12.7. The highest BCUT2D eigenvalue weighted by atomic mass is 16.5. The van der Waals surface area contributed by atoms with E-state index in [0.29, 0.717) is 43.2 Å². The number of H-pyrrole nitrogens is 1. The maximum Gasteiger partial charge on any atom is 0.274 e. The van der Waals surface area contributed by atoms with Crippen molar-refractivity contribution in [2.45, 2.75) is 6.92 Å².